The van der Waals surface area contributed by atoms with Crippen LogP contribution in [-0.4, -0.2) is 157 Å². The molecule has 0 aromatic heterocycles. The number of carbonyl (C=O) groups excluding carboxylic acids is 3. The molecule has 13 nitrogen and oxygen atoms in total. The number of ketones is 1. The van der Waals surface area contributed by atoms with Gasteiger partial charge in [-0.1, -0.05) is 13.8 Å². The van der Waals surface area contributed by atoms with Gasteiger partial charge in [-0.2, -0.15) is 0 Å². The van der Waals surface area contributed by atoms with Crippen molar-refractivity contribution in [2.75, 3.05) is 86.2 Å². The van der Waals surface area contributed by atoms with Crippen molar-refractivity contribution in [2.45, 2.75) is 39.7 Å². The van der Waals surface area contributed by atoms with Gasteiger partial charge in [0.05, 0.1) is 26.7 Å². The molecule has 216 valence electrons. The first-order valence-corrected chi connectivity index (χ1v) is 12.5. The quantitative estimate of drug-likeness (QED) is 0.221. The molecule has 1 saturated heterocycles. The molecule has 1 unspecified atom stereocenters. The highest BCUT2D eigenvalue weighted by molar-refractivity contribution is 5.78. The summed E-state index contributed by atoms with van der Waals surface area (Å²) in [5.74, 6) is -2.57. The Morgan fingerprint density at radius 2 is 1.30 bits per heavy atom. The fourth-order valence-electron chi connectivity index (χ4n) is 3.71. The monoisotopic (exact) mass is 534 g/mol. The maximum atomic E-state index is 12.0. The topological polar surface area (TPSA) is 168 Å². The maximum absolute atomic E-state index is 12.0. The molecule has 3 N–H and O–H groups in total. The van der Waals surface area contributed by atoms with E-state index in [1.807, 2.05) is 23.6 Å². The van der Waals surface area contributed by atoms with E-state index in [4.69, 9.17) is 9.84 Å². The van der Waals surface area contributed by atoms with Gasteiger partial charge in [-0.25, -0.2) is 0 Å². The highest BCUT2D eigenvalue weighted by Crippen LogP contribution is 2.11. The first kappa shape index (κ1) is 36.7. The minimum absolute atomic E-state index is 0.0234. The van der Waals surface area contributed by atoms with Gasteiger partial charge in [0.15, 0.2) is 0 Å². The van der Waals surface area contributed by atoms with Gasteiger partial charge in [-0.3, -0.25) is 34.0 Å². The van der Waals surface area contributed by atoms with Crippen molar-refractivity contribution in [1.82, 2.24) is 19.6 Å². The predicted molar refractivity (Wildman–Crippen MR) is 137 cm³/mol. The summed E-state index contributed by atoms with van der Waals surface area (Å²) in [5.41, 5.74) is 0. The van der Waals surface area contributed by atoms with Crippen LogP contribution in [0, 0.1) is 0 Å². The smallest absolute Gasteiger partial charge is 0.320 e. The molecule has 0 radical (unpaired) electrons. The van der Waals surface area contributed by atoms with Crippen LogP contribution in [0.5, 0.6) is 0 Å². The summed E-state index contributed by atoms with van der Waals surface area (Å²) >= 11 is 0. The maximum Gasteiger partial charge on any atom is 0.320 e. The molecule has 0 bridgehead atoms. The summed E-state index contributed by atoms with van der Waals surface area (Å²) in [6.45, 7) is 8.43. The second-order valence-electron chi connectivity index (χ2n) is 8.12. The number of carboxylic acids is 2. The zero-order chi connectivity index (χ0) is 28.8. The highest BCUT2D eigenvalue weighted by Gasteiger charge is 2.28. The Balaban J connectivity index is 0. The number of aldehydes is 1. The molecule has 0 saturated carbocycles. The summed E-state index contributed by atoms with van der Waals surface area (Å²) in [4.78, 5) is 64.9. The van der Waals surface area contributed by atoms with E-state index in [0.29, 0.717) is 45.8 Å². The summed E-state index contributed by atoms with van der Waals surface area (Å²) < 4.78 is 4.77. The number of aliphatic carboxylic acids is 2. The molecule has 1 aliphatic rings. The molecule has 13 heteroatoms. The largest absolute Gasteiger partial charge is 0.480 e. The lowest BCUT2D eigenvalue weighted by Gasteiger charge is -2.35. The third-order valence-electron chi connectivity index (χ3n) is 5.64. The Morgan fingerprint density at radius 1 is 0.838 bits per heavy atom. The van der Waals surface area contributed by atoms with Crippen molar-refractivity contribution in [2.24, 2.45) is 0 Å². The minimum atomic E-state index is -1.05. The van der Waals surface area contributed by atoms with Gasteiger partial charge >= 0.3 is 17.9 Å². The van der Waals surface area contributed by atoms with Crippen molar-refractivity contribution < 1.29 is 44.0 Å². The number of carboxylic acid groups (broad SMARTS) is 2. The number of aliphatic hydroxyl groups is 1. The van der Waals surface area contributed by atoms with Crippen LogP contribution < -0.4 is 0 Å². The third kappa shape index (κ3) is 17.6. The third-order valence-corrected chi connectivity index (χ3v) is 5.64. The molecule has 0 aromatic rings. The van der Waals surface area contributed by atoms with Crippen molar-refractivity contribution in [3.8, 4) is 0 Å². The van der Waals surface area contributed by atoms with E-state index >= 15 is 0 Å². The number of nitrogens with zero attached hydrogens (tertiary/aromatic N) is 4. The van der Waals surface area contributed by atoms with Gasteiger partial charge in [-0.05, 0) is 13.3 Å². The van der Waals surface area contributed by atoms with E-state index in [-0.39, 0.29) is 44.8 Å². The normalized spacial score (nSPS) is 17.4. The Labute approximate surface area is 219 Å². The van der Waals surface area contributed by atoms with Gasteiger partial charge in [0, 0.05) is 65.9 Å². The van der Waals surface area contributed by atoms with Crippen molar-refractivity contribution in [3.05, 3.63) is 0 Å². The highest BCUT2D eigenvalue weighted by atomic mass is 16.5. The molecular weight excluding hydrogens is 488 g/mol. The van der Waals surface area contributed by atoms with Crippen LogP contribution in [0.25, 0.3) is 0 Å². The van der Waals surface area contributed by atoms with E-state index in [9.17, 15) is 34.2 Å². The number of ether oxygens (including phenoxy) is 1. The molecule has 1 heterocycles. The van der Waals surface area contributed by atoms with E-state index in [1.54, 1.807) is 9.80 Å². The average Bonchev–Trinajstić information content (AvgIpc) is 2.86. The molecule has 0 aromatic carbocycles. The fraction of sp³-hybridized carbons (Fsp3) is 0.792. The summed E-state index contributed by atoms with van der Waals surface area (Å²) in [5, 5.41) is 26.1. The van der Waals surface area contributed by atoms with Gasteiger partial charge in [0.1, 0.15) is 18.1 Å². The zero-order valence-corrected chi connectivity index (χ0v) is 22.9. The van der Waals surface area contributed by atoms with Crippen molar-refractivity contribution in [3.63, 3.8) is 0 Å². The summed E-state index contributed by atoms with van der Waals surface area (Å²) in [6, 6.07) is -0.907. The molecule has 0 aliphatic carbocycles. The number of esters is 1. The van der Waals surface area contributed by atoms with E-state index in [0.717, 1.165) is 13.4 Å². The van der Waals surface area contributed by atoms with Gasteiger partial charge in [0.2, 0.25) is 0 Å². The molecule has 1 atom stereocenters. The van der Waals surface area contributed by atoms with Crippen LogP contribution in [-0.2, 0) is 28.7 Å². The molecule has 1 fully saturated rings. The van der Waals surface area contributed by atoms with Gasteiger partial charge < -0.3 is 29.6 Å². The number of Topliss-reactive ketones (excluding diaryl/α,β-unsaturated/α-hetero) is 1. The summed E-state index contributed by atoms with van der Waals surface area (Å²) in [7, 11) is 2.29. The lowest BCUT2D eigenvalue weighted by Crippen LogP contribution is -2.51. The second kappa shape index (κ2) is 22.7. The van der Waals surface area contributed by atoms with E-state index < -0.39 is 23.9 Å². The fourth-order valence-corrected chi connectivity index (χ4v) is 3.71. The first-order valence-electron chi connectivity index (χ1n) is 12.5. The van der Waals surface area contributed by atoms with Crippen LogP contribution in [0.15, 0.2) is 0 Å². The first-order chi connectivity index (χ1) is 17.7. The van der Waals surface area contributed by atoms with Crippen LogP contribution in [0.2, 0.25) is 0 Å². The number of aliphatic hydroxyl groups excluding tert-OH is 1. The Hall–Kier alpha value is -2.45. The van der Waals surface area contributed by atoms with Crippen molar-refractivity contribution >= 4 is 30.0 Å². The SMILES string of the molecule is CC.CO.COC(=O)CN1CCN(CC=O)CCN(CC(=O)O)CCN(C(CCC(C)=O)C(=O)O)CC1. The number of methoxy groups -OCH3 is 1. The Kier molecular flexibility index (Phi) is 22.5. The van der Waals surface area contributed by atoms with Crippen LogP contribution in [0.1, 0.15) is 33.6 Å². The predicted octanol–water partition coefficient (Wildman–Crippen LogP) is -0.878. The molecule has 0 spiro atoms. The number of rotatable bonds is 11. The zero-order valence-electron chi connectivity index (χ0n) is 22.9. The Bertz CT molecular complexity index is 679. The average molecular weight is 535 g/mol. The molecule has 1 rings (SSSR count). The van der Waals surface area contributed by atoms with Gasteiger partial charge in [0.25, 0.3) is 0 Å². The number of hydrogen-bond donors (Lipinski definition) is 3. The van der Waals surface area contributed by atoms with E-state index in [1.165, 1.54) is 14.0 Å². The second-order valence-corrected chi connectivity index (χ2v) is 8.12. The lowest BCUT2D eigenvalue weighted by atomic mass is 10.1. The van der Waals surface area contributed by atoms with Crippen molar-refractivity contribution in [1.29, 1.82) is 0 Å². The standard InChI is InChI=1S/C21H36N4O8.C2H6.CH4O/c1-17(27)3-4-18(21(31)32)25-11-9-23(15-19(28)29)7-5-22(13-14-26)6-8-24(10-12-25)16-20(30)33-2;2*1-2/h14,18H,3-13,15-16H2,1-2H3,(H,28,29)(H,31,32);1-2H3;2H,1H3. The molecule has 0 amide bonds. The lowest BCUT2D eigenvalue weighted by molar-refractivity contribution is -0.145. The van der Waals surface area contributed by atoms with Crippen LogP contribution in [0.4, 0.5) is 0 Å². The number of hydrogen-bond acceptors (Lipinski definition) is 11. The van der Waals surface area contributed by atoms with Crippen LogP contribution >= 0.6 is 0 Å². The Morgan fingerprint density at radius 3 is 1.70 bits per heavy atom. The van der Waals surface area contributed by atoms with Crippen LogP contribution in [0.3, 0.4) is 0 Å². The number of carbonyl (C=O) groups is 5. The summed E-state index contributed by atoms with van der Waals surface area (Å²) in [6.07, 6.45) is 1.05. The minimum Gasteiger partial charge on any atom is -0.480 e. The molecule has 1 aliphatic heterocycles. The van der Waals surface area contributed by atoms with Gasteiger partial charge in [-0.15, -0.1) is 0 Å². The molecule has 37 heavy (non-hydrogen) atoms. The van der Waals surface area contributed by atoms with E-state index in [2.05, 4.69) is 0 Å². The molecular formula is C24H46N4O9.